The molecular formula is C18H19F3N2O2S. The molecule has 2 aromatic rings. The molecule has 1 aliphatic heterocycles. The molecule has 0 amide bonds. The van der Waals surface area contributed by atoms with E-state index < -0.39 is 21.8 Å². The van der Waals surface area contributed by atoms with E-state index in [2.05, 4.69) is 0 Å². The molecule has 26 heavy (non-hydrogen) atoms. The summed E-state index contributed by atoms with van der Waals surface area (Å²) in [4.78, 5) is 2.05. The number of rotatable bonds is 3. The lowest BCUT2D eigenvalue weighted by Gasteiger charge is -2.35. The Morgan fingerprint density at radius 3 is 2.19 bits per heavy atom. The lowest BCUT2D eigenvalue weighted by Crippen LogP contribution is -2.48. The van der Waals surface area contributed by atoms with E-state index in [1.165, 1.54) is 10.4 Å². The second-order valence-corrected chi connectivity index (χ2v) is 8.11. The Hall–Kier alpha value is -2.06. The molecule has 0 unspecified atom stereocenters. The van der Waals surface area contributed by atoms with Crippen molar-refractivity contribution in [1.82, 2.24) is 4.31 Å². The molecule has 8 heteroatoms. The quantitative estimate of drug-likeness (QED) is 0.813. The van der Waals surface area contributed by atoms with Crippen LogP contribution >= 0.6 is 0 Å². The normalized spacial score (nSPS) is 16.7. The maximum absolute atomic E-state index is 12.9. The number of halogens is 3. The number of nitrogens with zero attached hydrogens (tertiary/aromatic N) is 2. The summed E-state index contributed by atoms with van der Waals surface area (Å²) < 4.78 is 65.6. The standard InChI is InChI=1S/C18H19F3N2O2S/c1-14-5-2-3-8-17(14)26(24,25)23-11-9-22(10-12-23)16-7-4-6-15(13-16)18(19,20)21/h2-8,13H,9-12H2,1H3. The smallest absolute Gasteiger partial charge is 0.369 e. The van der Waals surface area contributed by atoms with E-state index in [0.717, 1.165) is 12.1 Å². The van der Waals surface area contributed by atoms with Crippen molar-refractivity contribution >= 4 is 15.7 Å². The Labute approximate surface area is 150 Å². The number of piperazine rings is 1. The highest BCUT2D eigenvalue weighted by molar-refractivity contribution is 7.89. The third kappa shape index (κ3) is 3.71. The van der Waals surface area contributed by atoms with Crippen molar-refractivity contribution in [3.8, 4) is 0 Å². The van der Waals surface area contributed by atoms with E-state index in [1.807, 2.05) is 0 Å². The molecule has 0 bridgehead atoms. The van der Waals surface area contributed by atoms with Crippen LogP contribution in [0.4, 0.5) is 18.9 Å². The van der Waals surface area contributed by atoms with Gasteiger partial charge in [-0.05, 0) is 36.8 Å². The highest BCUT2D eigenvalue weighted by Gasteiger charge is 2.32. The van der Waals surface area contributed by atoms with Crippen LogP contribution in [-0.4, -0.2) is 38.9 Å². The summed E-state index contributed by atoms with van der Waals surface area (Å²) in [6.45, 7) is 2.88. The van der Waals surface area contributed by atoms with Gasteiger partial charge in [0.2, 0.25) is 10.0 Å². The Bertz CT molecular complexity index is 889. The van der Waals surface area contributed by atoms with Gasteiger partial charge >= 0.3 is 6.18 Å². The van der Waals surface area contributed by atoms with Gasteiger partial charge in [-0.25, -0.2) is 8.42 Å². The molecule has 0 aliphatic carbocycles. The molecule has 4 nitrogen and oxygen atoms in total. The van der Waals surface area contributed by atoms with E-state index in [0.29, 0.717) is 24.3 Å². The maximum Gasteiger partial charge on any atom is 0.416 e. The van der Waals surface area contributed by atoms with Gasteiger partial charge in [0, 0.05) is 31.9 Å². The summed E-state index contributed by atoms with van der Waals surface area (Å²) in [6.07, 6.45) is -4.40. The van der Waals surface area contributed by atoms with Crippen molar-refractivity contribution in [2.24, 2.45) is 0 Å². The lowest BCUT2D eigenvalue weighted by atomic mass is 10.1. The molecule has 0 aromatic heterocycles. The zero-order valence-electron chi connectivity index (χ0n) is 14.2. The predicted molar refractivity (Wildman–Crippen MR) is 93.6 cm³/mol. The average Bonchev–Trinajstić information content (AvgIpc) is 2.61. The van der Waals surface area contributed by atoms with Gasteiger partial charge in [0.25, 0.3) is 0 Å². The maximum atomic E-state index is 12.9. The van der Waals surface area contributed by atoms with Gasteiger partial charge in [0.1, 0.15) is 0 Å². The first-order valence-electron chi connectivity index (χ1n) is 8.17. The highest BCUT2D eigenvalue weighted by Crippen LogP contribution is 2.32. The van der Waals surface area contributed by atoms with Gasteiger partial charge < -0.3 is 4.90 Å². The molecule has 0 saturated carbocycles. The minimum absolute atomic E-state index is 0.229. The van der Waals surface area contributed by atoms with Crippen LogP contribution in [0.1, 0.15) is 11.1 Å². The Kier molecular flexibility index (Phi) is 4.98. The van der Waals surface area contributed by atoms with Crippen molar-refractivity contribution < 1.29 is 21.6 Å². The number of anilines is 1. The summed E-state index contributed by atoms with van der Waals surface area (Å²) in [6, 6.07) is 11.9. The van der Waals surface area contributed by atoms with E-state index >= 15 is 0 Å². The monoisotopic (exact) mass is 384 g/mol. The molecule has 1 fully saturated rings. The molecule has 3 rings (SSSR count). The molecule has 0 radical (unpaired) electrons. The first-order chi connectivity index (χ1) is 12.2. The van der Waals surface area contributed by atoms with Crippen molar-refractivity contribution in [3.05, 3.63) is 59.7 Å². The van der Waals surface area contributed by atoms with Gasteiger partial charge in [-0.15, -0.1) is 0 Å². The second-order valence-electron chi connectivity index (χ2n) is 6.20. The van der Waals surface area contributed by atoms with E-state index in [4.69, 9.17) is 0 Å². The van der Waals surface area contributed by atoms with Crippen molar-refractivity contribution in [2.75, 3.05) is 31.1 Å². The number of hydrogen-bond acceptors (Lipinski definition) is 3. The molecule has 1 heterocycles. The molecule has 2 aromatic carbocycles. The average molecular weight is 384 g/mol. The third-order valence-corrected chi connectivity index (χ3v) is 6.55. The fraction of sp³-hybridized carbons (Fsp3) is 0.333. The van der Waals surface area contributed by atoms with E-state index in [9.17, 15) is 21.6 Å². The SMILES string of the molecule is Cc1ccccc1S(=O)(=O)N1CCN(c2cccc(C(F)(F)F)c2)CC1. The predicted octanol–water partition coefficient (Wildman–Crippen LogP) is 3.52. The molecule has 140 valence electrons. The zero-order chi connectivity index (χ0) is 18.9. The minimum atomic E-state index is -4.40. The van der Waals surface area contributed by atoms with Crippen LogP contribution in [0.5, 0.6) is 0 Å². The Balaban J connectivity index is 1.75. The number of sulfonamides is 1. The van der Waals surface area contributed by atoms with Gasteiger partial charge in [0.15, 0.2) is 0 Å². The van der Waals surface area contributed by atoms with Crippen LogP contribution in [0.2, 0.25) is 0 Å². The van der Waals surface area contributed by atoms with E-state index in [-0.39, 0.29) is 18.0 Å². The highest BCUT2D eigenvalue weighted by atomic mass is 32.2. The summed E-state index contributed by atoms with van der Waals surface area (Å²) in [5, 5.41) is 0. The molecule has 0 N–H and O–H groups in total. The van der Waals surface area contributed by atoms with Crippen molar-refractivity contribution in [3.63, 3.8) is 0 Å². The molecule has 0 spiro atoms. The Morgan fingerprint density at radius 1 is 0.923 bits per heavy atom. The summed E-state index contributed by atoms with van der Waals surface area (Å²) in [7, 11) is -3.60. The zero-order valence-corrected chi connectivity index (χ0v) is 15.0. The van der Waals surface area contributed by atoms with Crippen LogP contribution in [0.25, 0.3) is 0 Å². The number of hydrogen-bond donors (Lipinski definition) is 0. The van der Waals surface area contributed by atoms with Crippen LogP contribution in [0.15, 0.2) is 53.4 Å². The van der Waals surface area contributed by atoms with Gasteiger partial charge in [-0.3, -0.25) is 0 Å². The lowest BCUT2D eigenvalue weighted by molar-refractivity contribution is -0.137. The molecular weight excluding hydrogens is 365 g/mol. The topological polar surface area (TPSA) is 40.6 Å². The fourth-order valence-corrected chi connectivity index (χ4v) is 4.70. The summed E-state index contributed by atoms with van der Waals surface area (Å²) in [5.41, 5.74) is 0.422. The van der Waals surface area contributed by atoms with Gasteiger partial charge in [-0.2, -0.15) is 17.5 Å². The third-order valence-electron chi connectivity index (χ3n) is 4.49. The van der Waals surface area contributed by atoms with Crippen LogP contribution in [0.3, 0.4) is 0 Å². The van der Waals surface area contributed by atoms with Crippen LogP contribution < -0.4 is 4.90 Å². The summed E-state index contributed by atoms with van der Waals surface area (Å²) >= 11 is 0. The minimum Gasteiger partial charge on any atom is -0.369 e. The van der Waals surface area contributed by atoms with E-state index in [1.54, 1.807) is 42.2 Å². The number of alkyl halides is 3. The molecule has 1 saturated heterocycles. The largest absolute Gasteiger partial charge is 0.416 e. The Morgan fingerprint density at radius 2 is 1.58 bits per heavy atom. The van der Waals surface area contributed by atoms with Crippen molar-refractivity contribution in [1.29, 1.82) is 0 Å². The second kappa shape index (κ2) is 6.92. The molecule has 0 atom stereocenters. The van der Waals surface area contributed by atoms with Gasteiger partial charge in [-0.1, -0.05) is 24.3 Å². The molecule has 1 aliphatic rings. The number of aryl methyl sites for hydroxylation is 1. The van der Waals surface area contributed by atoms with Crippen molar-refractivity contribution in [2.45, 2.75) is 18.0 Å². The van der Waals surface area contributed by atoms with Gasteiger partial charge in [0.05, 0.1) is 10.5 Å². The first kappa shape index (κ1) is 18.7. The number of benzene rings is 2. The fourth-order valence-electron chi connectivity index (χ4n) is 3.05. The first-order valence-corrected chi connectivity index (χ1v) is 9.61. The van der Waals surface area contributed by atoms with Crippen LogP contribution in [-0.2, 0) is 16.2 Å². The van der Waals surface area contributed by atoms with Crippen LogP contribution in [0, 0.1) is 6.92 Å². The summed E-state index contributed by atoms with van der Waals surface area (Å²) in [5.74, 6) is 0.